The molecule has 146 valence electrons. The quantitative estimate of drug-likeness (QED) is 0.413. The molecule has 4 rings (SSSR count). The first kappa shape index (κ1) is 18.0. The molecule has 1 aliphatic carbocycles. The van der Waals surface area contributed by atoms with Crippen LogP contribution in [0.2, 0.25) is 0 Å². The molecule has 1 amide bonds. The largest absolute Gasteiger partial charge is 0.449 e. The van der Waals surface area contributed by atoms with Gasteiger partial charge in [-0.3, -0.25) is 9.59 Å². The number of hydrogen-bond acceptors (Lipinski definition) is 8. The summed E-state index contributed by atoms with van der Waals surface area (Å²) in [4.78, 5) is 39.6. The van der Waals surface area contributed by atoms with Gasteiger partial charge in [-0.25, -0.2) is 4.79 Å². The van der Waals surface area contributed by atoms with Gasteiger partial charge in [0.1, 0.15) is 6.61 Å². The molecule has 4 aliphatic rings. The summed E-state index contributed by atoms with van der Waals surface area (Å²) >= 11 is 0. The van der Waals surface area contributed by atoms with Gasteiger partial charge in [-0.05, 0) is 13.3 Å². The molecule has 0 aromatic heterocycles. The highest BCUT2D eigenvalue weighted by molar-refractivity contribution is 6.25. The first-order chi connectivity index (χ1) is 12.9. The van der Waals surface area contributed by atoms with Crippen LogP contribution < -0.4 is 16.4 Å². The van der Waals surface area contributed by atoms with Crippen LogP contribution in [-0.4, -0.2) is 67.2 Å². The van der Waals surface area contributed by atoms with Crippen molar-refractivity contribution in [3.63, 3.8) is 0 Å². The molecule has 2 fully saturated rings. The molecule has 0 aromatic carbocycles. The SMILES string of the molecule is CCCNC1=C(C)C(=O)C2=C(C1=O)[C@H](COC(N)=O)[C@]1(OC)[C@H]3N[C@@H]3CN21. The van der Waals surface area contributed by atoms with Crippen molar-refractivity contribution in [2.24, 2.45) is 11.7 Å². The molecule has 3 heterocycles. The molecule has 3 aliphatic heterocycles. The van der Waals surface area contributed by atoms with E-state index in [1.54, 1.807) is 14.0 Å². The van der Waals surface area contributed by atoms with Crippen LogP contribution in [0.3, 0.4) is 0 Å². The van der Waals surface area contributed by atoms with E-state index in [0.717, 1.165) is 6.42 Å². The number of ketones is 2. The number of ether oxygens (including phenoxy) is 2. The summed E-state index contributed by atoms with van der Waals surface area (Å²) in [6, 6.07) is 0.143. The van der Waals surface area contributed by atoms with Crippen molar-refractivity contribution in [1.29, 1.82) is 0 Å². The second kappa shape index (κ2) is 6.07. The Morgan fingerprint density at radius 2 is 2.15 bits per heavy atom. The van der Waals surface area contributed by atoms with Crippen LogP contribution in [0.15, 0.2) is 22.5 Å². The first-order valence-electron chi connectivity index (χ1n) is 9.17. The van der Waals surface area contributed by atoms with Crippen molar-refractivity contribution in [3.8, 4) is 0 Å². The molecule has 0 saturated carbocycles. The van der Waals surface area contributed by atoms with E-state index in [2.05, 4.69) is 10.6 Å². The summed E-state index contributed by atoms with van der Waals surface area (Å²) in [5.74, 6) is -1.03. The number of hydrogen-bond donors (Lipinski definition) is 3. The van der Waals surface area contributed by atoms with Gasteiger partial charge in [-0.1, -0.05) is 6.92 Å². The van der Waals surface area contributed by atoms with Crippen molar-refractivity contribution < 1.29 is 23.9 Å². The van der Waals surface area contributed by atoms with Crippen LogP contribution in [0.1, 0.15) is 20.3 Å². The molecule has 2 saturated heterocycles. The van der Waals surface area contributed by atoms with E-state index in [9.17, 15) is 14.4 Å². The maximum Gasteiger partial charge on any atom is 0.404 e. The Balaban J connectivity index is 1.79. The number of carbonyl (C=O) groups is 3. The second-order valence-electron chi connectivity index (χ2n) is 7.35. The number of carbonyl (C=O) groups excluding carboxylic acids is 3. The fourth-order valence-electron chi connectivity index (χ4n) is 4.75. The molecule has 9 heteroatoms. The van der Waals surface area contributed by atoms with Gasteiger partial charge in [0.25, 0.3) is 0 Å². The summed E-state index contributed by atoms with van der Waals surface area (Å²) in [5.41, 5.74) is 5.67. The van der Waals surface area contributed by atoms with Crippen LogP contribution in [0.4, 0.5) is 4.79 Å². The molecule has 0 aromatic rings. The fourth-order valence-corrected chi connectivity index (χ4v) is 4.75. The molecule has 0 bridgehead atoms. The molecule has 0 radical (unpaired) electrons. The molecule has 0 unspecified atom stereocenters. The minimum absolute atomic E-state index is 0.0393. The molecule has 0 spiro atoms. The Morgan fingerprint density at radius 1 is 1.41 bits per heavy atom. The Labute approximate surface area is 156 Å². The van der Waals surface area contributed by atoms with E-state index in [1.807, 2.05) is 11.8 Å². The number of nitrogens with zero attached hydrogens (tertiary/aromatic N) is 1. The number of amides is 1. The van der Waals surface area contributed by atoms with E-state index in [4.69, 9.17) is 15.2 Å². The Morgan fingerprint density at radius 3 is 2.78 bits per heavy atom. The maximum atomic E-state index is 13.3. The standard InChI is InChI=1S/C18H24N4O5/c1-4-5-20-12-8(2)14(23)13-11(15(12)24)9(7-27-17(19)25)18(26-3)16-10(21-16)6-22(13)18/h9-10,16,20-21H,4-7H2,1-3H3,(H2,19,25)/t9-,10+,16-,18-/m0/s1. The predicted molar refractivity (Wildman–Crippen MR) is 94.2 cm³/mol. The lowest BCUT2D eigenvalue weighted by atomic mass is 9.82. The summed E-state index contributed by atoms with van der Waals surface area (Å²) < 4.78 is 11.0. The number of rotatable bonds is 6. The summed E-state index contributed by atoms with van der Waals surface area (Å²) in [6.07, 6.45) is -0.106. The lowest BCUT2D eigenvalue weighted by Crippen LogP contribution is -2.55. The zero-order valence-electron chi connectivity index (χ0n) is 15.6. The Bertz CT molecular complexity index is 804. The number of methoxy groups -OCH3 is 1. The average molecular weight is 376 g/mol. The summed E-state index contributed by atoms with van der Waals surface area (Å²) in [7, 11) is 1.55. The lowest BCUT2D eigenvalue weighted by Gasteiger charge is -2.39. The van der Waals surface area contributed by atoms with Gasteiger partial charge in [0, 0.05) is 37.4 Å². The third kappa shape index (κ3) is 2.28. The number of nitrogens with one attached hydrogen (secondary N) is 2. The van der Waals surface area contributed by atoms with Crippen LogP contribution in [0.25, 0.3) is 0 Å². The monoisotopic (exact) mass is 376 g/mol. The zero-order valence-corrected chi connectivity index (χ0v) is 15.6. The fraction of sp³-hybridized carbons (Fsp3) is 0.611. The number of nitrogens with two attached hydrogens (primary N) is 1. The topological polar surface area (TPSA) is 133 Å². The van der Waals surface area contributed by atoms with Crippen molar-refractivity contribution in [3.05, 3.63) is 22.5 Å². The zero-order chi connectivity index (χ0) is 19.5. The molecule has 4 N–H and O–H groups in total. The van der Waals surface area contributed by atoms with Gasteiger partial charge in [0.2, 0.25) is 11.6 Å². The Hall–Kier alpha value is -2.39. The second-order valence-corrected chi connectivity index (χ2v) is 7.35. The minimum Gasteiger partial charge on any atom is -0.449 e. The van der Waals surface area contributed by atoms with Crippen molar-refractivity contribution in [1.82, 2.24) is 15.5 Å². The molecule has 27 heavy (non-hydrogen) atoms. The minimum atomic E-state index is -0.934. The van der Waals surface area contributed by atoms with E-state index < -0.39 is 17.7 Å². The van der Waals surface area contributed by atoms with Crippen molar-refractivity contribution in [2.45, 2.75) is 38.1 Å². The number of Topliss-reactive ketones (excluding diaryl/α,β-unsaturated/α-hetero) is 2. The highest BCUT2D eigenvalue weighted by Crippen LogP contribution is 2.55. The third-order valence-electron chi connectivity index (χ3n) is 5.98. The van der Waals surface area contributed by atoms with Gasteiger partial charge in [0.15, 0.2) is 5.72 Å². The predicted octanol–water partition coefficient (Wildman–Crippen LogP) is -0.610. The number of primary amides is 1. The molecular formula is C18H24N4O5. The van der Waals surface area contributed by atoms with Gasteiger partial charge in [-0.2, -0.15) is 0 Å². The van der Waals surface area contributed by atoms with Gasteiger partial charge < -0.3 is 30.7 Å². The van der Waals surface area contributed by atoms with Gasteiger partial charge >= 0.3 is 6.09 Å². The molecular weight excluding hydrogens is 352 g/mol. The highest BCUT2D eigenvalue weighted by Gasteiger charge is 2.72. The summed E-state index contributed by atoms with van der Waals surface area (Å²) in [5, 5.41) is 6.41. The first-order valence-corrected chi connectivity index (χ1v) is 9.17. The average Bonchev–Trinajstić information content (AvgIpc) is 3.24. The number of piperazine rings is 1. The van der Waals surface area contributed by atoms with E-state index in [0.29, 0.717) is 35.6 Å². The van der Waals surface area contributed by atoms with Crippen molar-refractivity contribution in [2.75, 3.05) is 26.8 Å². The van der Waals surface area contributed by atoms with Crippen molar-refractivity contribution >= 4 is 17.7 Å². The Kier molecular flexibility index (Phi) is 4.04. The number of allylic oxidation sites excluding steroid dienone is 2. The molecule has 4 atom stereocenters. The van der Waals surface area contributed by atoms with Crippen LogP contribution in [-0.2, 0) is 19.1 Å². The third-order valence-corrected chi connectivity index (χ3v) is 5.98. The lowest BCUT2D eigenvalue weighted by molar-refractivity contribution is -0.137. The van der Waals surface area contributed by atoms with E-state index in [1.165, 1.54) is 0 Å². The summed E-state index contributed by atoms with van der Waals surface area (Å²) in [6.45, 7) is 4.68. The van der Waals surface area contributed by atoms with Gasteiger partial charge in [0.05, 0.1) is 23.4 Å². The van der Waals surface area contributed by atoms with E-state index >= 15 is 0 Å². The van der Waals surface area contributed by atoms with Gasteiger partial charge in [-0.15, -0.1) is 0 Å². The maximum absolute atomic E-state index is 13.3. The molecule has 9 nitrogen and oxygen atoms in total. The van der Waals surface area contributed by atoms with Crippen LogP contribution in [0, 0.1) is 5.92 Å². The number of fused-ring (bicyclic) bond motifs is 4. The van der Waals surface area contributed by atoms with Crippen LogP contribution in [0.5, 0.6) is 0 Å². The normalized spacial score (nSPS) is 33.9. The highest BCUT2D eigenvalue weighted by atomic mass is 16.6. The van der Waals surface area contributed by atoms with E-state index in [-0.39, 0.29) is 30.3 Å². The van der Waals surface area contributed by atoms with Crippen LogP contribution >= 0.6 is 0 Å². The smallest absolute Gasteiger partial charge is 0.404 e.